The first-order valence-corrected chi connectivity index (χ1v) is 25.4. The van der Waals surface area contributed by atoms with Crippen LogP contribution in [0.3, 0.4) is 0 Å². The molecule has 3 aliphatic heterocycles. The van der Waals surface area contributed by atoms with Crippen LogP contribution in [0.15, 0.2) is 11.6 Å². The van der Waals surface area contributed by atoms with Gasteiger partial charge in [0, 0.05) is 55.0 Å². The van der Waals surface area contributed by atoms with Gasteiger partial charge in [-0.15, -0.1) is 0 Å². The first-order valence-electron chi connectivity index (χ1n) is 24.3. The first-order chi connectivity index (χ1) is 30.8. The molecule has 360 valence electrons. The van der Waals surface area contributed by atoms with Crippen molar-refractivity contribution in [1.29, 1.82) is 0 Å². The Kier molecular flexibility index (Phi) is 17.0. The number of unbranched alkanes of at least 4 members (excludes halogenated alkanes) is 3. The highest BCUT2D eigenvalue weighted by molar-refractivity contribution is 8.00. The van der Waals surface area contributed by atoms with Crippen molar-refractivity contribution in [3.63, 3.8) is 0 Å². The third-order valence-corrected chi connectivity index (χ3v) is 18.0. The van der Waals surface area contributed by atoms with E-state index in [1.165, 1.54) is 0 Å². The average Bonchev–Trinajstić information content (AvgIpc) is 4.04. The number of cyclic esters (lactones) is 1. The lowest BCUT2D eigenvalue weighted by Gasteiger charge is -2.65. The second-order valence-electron chi connectivity index (χ2n) is 20.0. The number of amides is 5. The fourth-order valence-electron chi connectivity index (χ4n) is 12.9. The van der Waals surface area contributed by atoms with Crippen molar-refractivity contribution in [3.05, 3.63) is 11.6 Å². The SMILES string of the molecule is C[C@]12[C@H](O)CC3[C@@H](CC[C@@H]4C[C@@H](OCC(=O)NCCCCCC(=O)NCCOCCOCCNC(=O)CCCC[C@@H]5SC[C@@H]6NC(=O)N[C@@H]65)CC[C@]34C)[C@@]1(O)CC[C@@H]2C1=CC(=O)OC1. The Morgan fingerprint density at radius 2 is 1.55 bits per heavy atom. The molecule has 2 saturated heterocycles. The number of esters is 1. The molecule has 16 nitrogen and oxygen atoms in total. The van der Waals surface area contributed by atoms with Crippen molar-refractivity contribution in [2.45, 2.75) is 152 Å². The highest BCUT2D eigenvalue weighted by Gasteiger charge is 2.70. The zero-order chi connectivity index (χ0) is 45.3. The number of ether oxygens (including phenoxy) is 4. The van der Waals surface area contributed by atoms with Crippen LogP contribution < -0.4 is 26.6 Å². The summed E-state index contributed by atoms with van der Waals surface area (Å²) in [5.74, 6) is 1.12. The maximum absolute atomic E-state index is 12.7. The largest absolute Gasteiger partial charge is 0.458 e. The molecule has 7 rings (SSSR count). The van der Waals surface area contributed by atoms with Crippen LogP contribution in [0, 0.1) is 34.5 Å². The normalized spacial score (nSPS) is 36.1. The Morgan fingerprint density at radius 3 is 2.27 bits per heavy atom. The van der Waals surface area contributed by atoms with Crippen LogP contribution in [0.1, 0.15) is 117 Å². The molecule has 7 N–H and O–H groups in total. The minimum absolute atomic E-state index is 0.00735. The summed E-state index contributed by atoms with van der Waals surface area (Å²) < 4.78 is 22.5. The van der Waals surface area contributed by atoms with Gasteiger partial charge < -0.3 is 55.7 Å². The number of fused-ring (bicyclic) bond motifs is 6. The van der Waals surface area contributed by atoms with Gasteiger partial charge >= 0.3 is 12.0 Å². The quantitative estimate of drug-likeness (QED) is 0.0422. The minimum Gasteiger partial charge on any atom is -0.458 e. The third-order valence-electron chi connectivity index (χ3n) is 16.5. The molecule has 4 aliphatic carbocycles. The molecule has 64 heavy (non-hydrogen) atoms. The first kappa shape index (κ1) is 49.0. The van der Waals surface area contributed by atoms with Gasteiger partial charge in [-0.2, -0.15) is 11.8 Å². The molecule has 4 saturated carbocycles. The summed E-state index contributed by atoms with van der Waals surface area (Å²) in [5.41, 5.74) is -0.810. The lowest BCUT2D eigenvalue weighted by molar-refractivity contribution is -0.245. The van der Waals surface area contributed by atoms with Crippen LogP contribution in [0.25, 0.3) is 0 Å². The zero-order valence-electron chi connectivity index (χ0n) is 38.1. The van der Waals surface area contributed by atoms with Crippen molar-refractivity contribution >= 4 is 41.5 Å². The van der Waals surface area contributed by atoms with Gasteiger partial charge in [0.25, 0.3) is 0 Å². The number of hydrogen-bond acceptors (Lipinski definition) is 12. The number of urea groups is 1. The van der Waals surface area contributed by atoms with Crippen molar-refractivity contribution in [1.82, 2.24) is 26.6 Å². The molecule has 0 aromatic heterocycles. The number of nitrogens with one attached hydrogen (secondary N) is 5. The molecule has 12 atom stereocenters. The van der Waals surface area contributed by atoms with E-state index in [0.717, 1.165) is 88.4 Å². The van der Waals surface area contributed by atoms with E-state index in [4.69, 9.17) is 18.9 Å². The van der Waals surface area contributed by atoms with E-state index in [1.54, 1.807) is 6.08 Å². The molecule has 17 heteroatoms. The van der Waals surface area contributed by atoms with Gasteiger partial charge in [0.05, 0.1) is 56.3 Å². The van der Waals surface area contributed by atoms with E-state index in [-0.39, 0.29) is 84.3 Å². The number of thioether (sulfide) groups is 1. The Bertz CT molecular complexity index is 1690. The molecule has 6 fully saturated rings. The average molecular weight is 918 g/mol. The Labute approximate surface area is 383 Å². The Morgan fingerprint density at radius 1 is 0.828 bits per heavy atom. The molecule has 0 radical (unpaired) electrons. The molecule has 5 amide bonds. The molecular weight excluding hydrogens is 843 g/mol. The lowest BCUT2D eigenvalue weighted by atomic mass is 9.42. The third kappa shape index (κ3) is 11.2. The number of aliphatic hydroxyl groups excluding tert-OH is 1. The smallest absolute Gasteiger partial charge is 0.331 e. The number of hydrogen-bond donors (Lipinski definition) is 7. The fraction of sp³-hybridized carbons (Fsp3) is 0.851. The maximum Gasteiger partial charge on any atom is 0.331 e. The van der Waals surface area contributed by atoms with Crippen molar-refractivity contribution in [3.8, 4) is 0 Å². The number of rotatable bonds is 24. The molecule has 0 aromatic rings. The summed E-state index contributed by atoms with van der Waals surface area (Å²) >= 11 is 1.89. The summed E-state index contributed by atoms with van der Waals surface area (Å²) in [6.07, 6.45) is 13.5. The van der Waals surface area contributed by atoms with Gasteiger partial charge in [-0.05, 0) is 112 Å². The van der Waals surface area contributed by atoms with E-state index < -0.39 is 17.1 Å². The van der Waals surface area contributed by atoms with E-state index in [2.05, 4.69) is 33.5 Å². The molecule has 1 unspecified atom stereocenters. The summed E-state index contributed by atoms with van der Waals surface area (Å²) in [7, 11) is 0. The molecule has 0 spiro atoms. The van der Waals surface area contributed by atoms with Gasteiger partial charge in [0.1, 0.15) is 13.2 Å². The number of carbonyl (C=O) groups excluding carboxylic acids is 5. The predicted molar refractivity (Wildman–Crippen MR) is 240 cm³/mol. The van der Waals surface area contributed by atoms with Gasteiger partial charge in [-0.25, -0.2) is 9.59 Å². The van der Waals surface area contributed by atoms with Crippen LogP contribution in [0.2, 0.25) is 0 Å². The van der Waals surface area contributed by atoms with E-state index in [1.807, 2.05) is 18.7 Å². The molecule has 3 heterocycles. The van der Waals surface area contributed by atoms with Crippen LogP contribution in [0.5, 0.6) is 0 Å². The van der Waals surface area contributed by atoms with Gasteiger partial charge in [-0.1, -0.05) is 26.7 Å². The predicted octanol–water partition coefficient (Wildman–Crippen LogP) is 3.27. The van der Waals surface area contributed by atoms with Crippen LogP contribution in [0.4, 0.5) is 4.79 Å². The van der Waals surface area contributed by atoms with Crippen molar-refractivity contribution in [2.24, 2.45) is 34.5 Å². The standard InChI is InChI=1S/C47H75N5O11S/c1-45-15-13-32(25-31(45)11-12-34-35(45)26-38(53)46(2)33(14-16-47(34,46)59)30-24-42(57)63-27-30)62-28-41(56)48-17-7-3-4-9-39(54)49-18-20-60-22-23-61-21-19-50-40(55)10-6-5-8-37-43-36(29-64-37)51-44(58)52-43/h24,31-38,43,53,59H,3-23,25-29H2,1-2H3,(H,48,56)(H,49,54)(H,50,55)(H2,51,52,58)/t31-,32+,33-,34-,35?,36+,37+,38-,43+,45+,46+,47+/m1/s1. The van der Waals surface area contributed by atoms with Crippen molar-refractivity contribution < 1.29 is 53.1 Å². The second-order valence-corrected chi connectivity index (χ2v) is 21.3. The highest BCUT2D eigenvalue weighted by Crippen LogP contribution is 2.70. The van der Waals surface area contributed by atoms with E-state index in [9.17, 15) is 34.2 Å². The summed E-state index contributed by atoms with van der Waals surface area (Å²) in [5, 5.41) is 39.4. The monoisotopic (exact) mass is 918 g/mol. The Hall–Kier alpha value is -2.96. The fourth-order valence-corrected chi connectivity index (χ4v) is 14.4. The van der Waals surface area contributed by atoms with Crippen LogP contribution >= 0.6 is 11.8 Å². The molecule has 7 aliphatic rings. The van der Waals surface area contributed by atoms with E-state index >= 15 is 0 Å². The number of carbonyl (C=O) groups is 5. The number of aliphatic hydroxyl groups is 2. The molecule has 0 bridgehead atoms. The van der Waals surface area contributed by atoms with Crippen LogP contribution in [-0.2, 0) is 38.1 Å². The summed E-state index contributed by atoms with van der Waals surface area (Å²) in [6.45, 7) is 7.69. The second kappa shape index (κ2) is 22.2. The van der Waals surface area contributed by atoms with Gasteiger partial charge in [0.2, 0.25) is 17.7 Å². The van der Waals surface area contributed by atoms with Crippen molar-refractivity contribution in [2.75, 3.05) is 65.0 Å². The van der Waals surface area contributed by atoms with E-state index in [0.29, 0.717) is 82.9 Å². The highest BCUT2D eigenvalue weighted by atomic mass is 32.2. The van der Waals surface area contributed by atoms with Crippen LogP contribution in [-0.4, -0.2) is 140 Å². The molecule has 0 aromatic carbocycles. The molecular formula is C47H75N5O11S. The topological polar surface area (TPSA) is 223 Å². The minimum atomic E-state index is -0.992. The lowest BCUT2D eigenvalue weighted by Crippen LogP contribution is -2.67. The summed E-state index contributed by atoms with van der Waals surface area (Å²) in [4.78, 5) is 60.5. The Balaban J connectivity index is 0.654. The zero-order valence-corrected chi connectivity index (χ0v) is 39.0. The van der Waals surface area contributed by atoms with Gasteiger partial charge in [0.15, 0.2) is 0 Å². The maximum atomic E-state index is 12.7. The van der Waals surface area contributed by atoms with Gasteiger partial charge in [-0.3, -0.25) is 14.4 Å². The summed E-state index contributed by atoms with van der Waals surface area (Å²) in [6, 6.07) is 0.362.